The molecule has 1 aromatic rings. The molecule has 1 aliphatic carbocycles. The van der Waals surface area contributed by atoms with Crippen LogP contribution in [0.15, 0.2) is 18.2 Å². The maximum atomic E-state index is 12.3. The number of carboxylic acids is 1. The van der Waals surface area contributed by atoms with Crippen molar-refractivity contribution in [3.63, 3.8) is 0 Å². The van der Waals surface area contributed by atoms with Crippen LogP contribution in [0, 0.1) is 25.7 Å². The Balaban J connectivity index is 2.09. The van der Waals surface area contributed by atoms with Crippen molar-refractivity contribution in [2.24, 2.45) is 11.8 Å². The summed E-state index contributed by atoms with van der Waals surface area (Å²) in [5.41, 5.74) is 3.03. The second-order valence-electron chi connectivity index (χ2n) is 5.62. The molecule has 0 aromatic heterocycles. The third-order valence-corrected chi connectivity index (χ3v) is 4.19. The first-order valence-electron chi connectivity index (χ1n) is 7.10. The molecule has 0 bridgehead atoms. The molecule has 0 unspecified atom stereocenters. The van der Waals surface area contributed by atoms with Gasteiger partial charge in [-0.15, -0.1) is 0 Å². The van der Waals surface area contributed by atoms with E-state index in [4.69, 9.17) is 0 Å². The van der Waals surface area contributed by atoms with Crippen LogP contribution in [-0.4, -0.2) is 17.0 Å². The number of benzene rings is 1. The molecule has 1 fully saturated rings. The van der Waals surface area contributed by atoms with Gasteiger partial charge in [-0.05, 0) is 49.9 Å². The van der Waals surface area contributed by atoms with Crippen LogP contribution in [0.1, 0.15) is 36.8 Å². The van der Waals surface area contributed by atoms with E-state index >= 15 is 0 Å². The number of anilines is 1. The van der Waals surface area contributed by atoms with Gasteiger partial charge >= 0.3 is 5.97 Å². The van der Waals surface area contributed by atoms with E-state index in [9.17, 15) is 14.7 Å². The van der Waals surface area contributed by atoms with Crippen molar-refractivity contribution in [2.45, 2.75) is 39.5 Å². The van der Waals surface area contributed by atoms with Crippen molar-refractivity contribution >= 4 is 17.6 Å². The lowest BCUT2D eigenvalue weighted by atomic mass is 9.78. The first-order chi connectivity index (χ1) is 9.49. The van der Waals surface area contributed by atoms with E-state index in [-0.39, 0.29) is 5.91 Å². The van der Waals surface area contributed by atoms with E-state index in [2.05, 4.69) is 5.32 Å². The molecule has 4 heteroatoms. The topological polar surface area (TPSA) is 66.4 Å². The number of carbonyl (C=O) groups is 2. The van der Waals surface area contributed by atoms with Crippen molar-refractivity contribution in [1.82, 2.24) is 0 Å². The zero-order chi connectivity index (χ0) is 14.7. The molecule has 20 heavy (non-hydrogen) atoms. The van der Waals surface area contributed by atoms with E-state index in [0.717, 1.165) is 24.1 Å². The quantitative estimate of drug-likeness (QED) is 0.890. The van der Waals surface area contributed by atoms with Crippen molar-refractivity contribution in [2.75, 3.05) is 5.32 Å². The standard InChI is InChI=1S/C16H21NO3/c1-10-7-8-12(9-11(10)2)17-15(18)13-5-3-4-6-14(13)16(19)20/h7-9,13-14H,3-6H2,1-2H3,(H,17,18)(H,19,20)/t13-,14+/m1/s1. The fourth-order valence-electron chi connectivity index (χ4n) is 2.79. The minimum absolute atomic E-state index is 0.166. The summed E-state index contributed by atoms with van der Waals surface area (Å²) in [6.07, 6.45) is 3.08. The molecule has 1 aromatic carbocycles. The van der Waals surface area contributed by atoms with Gasteiger partial charge in [0, 0.05) is 5.69 Å². The largest absolute Gasteiger partial charge is 0.481 e. The van der Waals surface area contributed by atoms with Gasteiger partial charge < -0.3 is 10.4 Å². The van der Waals surface area contributed by atoms with Crippen molar-refractivity contribution < 1.29 is 14.7 Å². The Kier molecular flexibility index (Phi) is 4.42. The molecular weight excluding hydrogens is 254 g/mol. The maximum absolute atomic E-state index is 12.3. The molecule has 2 rings (SSSR count). The third kappa shape index (κ3) is 3.18. The number of hydrogen-bond donors (Lipinski definition) is 2. The minimum Gasteiger partial charge on any atom is -0.481 e. The maximum Gasteiger partial charge on any atom is 0.307 e. The average Bonchev–Trinajstić information content (AvgIpc) is 2.43. The summed E-state index contributed by atoms with van der Waals surface area (Å²) in [5, 5.41) is 12.1. The SMILES string of the molecule is Cc1ccc(NC(=O)[C@@H]2CCCC[C@@H]2C(=O)O)cc1C. The number of nitrogens with one attached hydrogen (secondary N) is 1. The molecule has 0 heterocycles. The number of aryl methyl sites for hydroxylation is 2. The minimum atomic E-state index is -0.857. The number of aliphatic carboxylic acids is 1. The highest BCUT2D eigenvalue weighted by Crippen LogP contribution is 2.31. The van der Waals surface area contributed by atoms with Gasteiger partial charge in [-0.3, -0.25) is 9.59 Å². The molecule has 2 N–H and O–H groups in total. The third-order valence-electron chi connectivity index (χ3n) is 4.19. The lowest BCUT2D eigenvalue weighted by molar-refractivity contribution is -0.147. The van der Waals surface area contributed by atoms with Crippen LogP contribution in [0.2, 0.25) is 0 Å². The Morgan fingerprint density at radius 1 is 1.10 bits per heavy atom. The molecule has 108 valence electrons. The van der Waals surface area contributed by atoms with Gasteiger partial charge in [0.15, 0.2) is 0 Å². The molecule has 0 spiro atoms. The predicted octanol–water partition coefficient (Wildman–Crippen LogP) is 3.13. The number of hydrogen-bond acceptors (Lipinski definition) is 2. The fraction of sp³-hybridized carbons (Fsp3) is 0.500. The highest BCUT2D eigenvalue weighted by atomic mass is 16.4. The van der Waals surface area contributed by atoms with Crippen molar-refractivity contribution in [3.05, 3.63) is 29.3 Å². The molecule has 0 saturated heterocycles. The zero-order valence-electron chi connectivity index (χ0n) is 12.0. The summed E-state index contributed by atoms with van der Waals surface area (Å²) in [5.74, 6) is -1.98. The summed E-state index contributed by atoms with van der Waals surface area (Å²) in [7, 11) is 0. The number of carbonyl (C=O) groups excluding carboxylic acids is 1. The van der Waals surface area contributed by atoms with Crippen LogP contribution in [0.3, 0.4) is 0 Å². The van der Waals surface area contributed by atoms with E-state index < -0.39 is 17.8 Å². The van der Waals surface area contributed by atoms with Crippen LogP contribution in [-0.2, 0) is 9.59 Å². The molecule has 0 radical (unpaired) electrons. The molecule has 1 saturated carbocycles. The Morgan fingerprint density at radius 2 is 1.75 bits per heavy atom. The van der Waals surface area contributed by atoms with E-state index in [0.29, 0.717) is 12.8 Å². The fourth-order valence-corrected chi connectivity index (χ4v) is 2.79. The molecule has 1 aliphatic rings. The molecule has 1 amide bonds. The van der Waals surface area contributed by atoms with Gasteiger partial charge in [-0.25, -0.2) is 0 Å². The second-order valence-corrected chi connectivity index (χ2v) is 5.62. The second kappa shape index (κ2) is 6.07. The van der Waals surface area contributed by atoms with Crippen LogP contribution >= 0.6 is 0 Å². The van der Waals surface area contributed by atoms with E-state index in [1.54, 1.807) is 0 Å². The van der Waals surface area contributed by atoms with Gasteiger partial charge in [0.05, 0.1) is 11.8 Å². The Labute approximate surface area is 119 Å². The monoisotopic (exact) mass is 275 g/mol. The summed E-state index contributed by atoms with van der Waals surface area (Å²) >= 11 is 0. The number of rotatable bonds is 3. The highest BCUT2D eigenvalue weighted by Gasteiger charge is 2.35. The van der Waals surface area contributed by atoms with Crippen LogP contribution < -0.4 is 5.32 Å². The van der Waals surface area contributed by atoms with Crippen LogP contribution in [0.4, 0.5) is 5.69 Å². The molecular formula is C16H21NO3. The van der Waals surface area contributed by atoms with Gasteiger partial charge in [-0.2, -0.15) is 0 Å². The predicted molar refractivity (Wildman–Crippen MR) is 77.6 cm³/mol. The highest BCUT2D eigenvalue weighted by molar-refractivity contribution is 5.95. The Bertz CT molecular complexity index is 524. The van der Waals surface area contributed by atoms with E-state index in [1.165, 1.54) is 5.56 Å². The first-order valence-corrected chi connectivity index (χ1v) is 7.10. The zero-order valence-corrected chi connectivity index (χ0v) is 12.0. The van der Waals surface area contributed by atoms with Gasteiger partial charge in [0.2, 0.25) is 5.91 Å². The lowest BCUT2D eigenvalue weighted by Crippen LogP contribution is -2.36. The molecule has 4 nitrogen and oxygen atoms in total. The Morgan fingerprint density at radius 3 is 2.35 bits per heavy atom. The molecule has 2 atom stereocenters. The molecule has 0 aliphatic heterocycles. The van der Waals surface area contributed by atoms with Gasteiger partial charge in [0.25, 0.3) is 0 Å². The smallest absolute Gasteiger partial charge is 0.307 e. The van der Waals surface area contributed by atoms with Gasteiger partial charge in [-0.1, -0.05) is 18.9 Å². The summed E-state index contributed by atoms with van der Waals surface area (Å²) in [6.45, 7) is 4.01. The van der Waals surface area contributed by atoms with Crippen molar-refractivity contribution in [1.29, 1.82) is 0 Å². The van der Waals surface area contributed by atoms with Crippen molar-refractivity contribution in [3.8, 4) is 0 Å². The van der Waals surface area contributed by atoms with Crippen LogP contribution in [0.25, 0.3) is 0 Å². The summed E-state index contributed by atoms with van der Waals surface area (Å²) in [4.78, 5) is 23.5. The number of amides is 1. The summed E-state index contributed by atoms with van der Waals surface area (Å²) < 4.78 is 0. The normalized spacial score (nSPS) is 22.3. The van der Waals surface area contributed by atoms with Crippen LogP contribution in [0.5, 0.6) is 0 Å². The average molecular weight is 275 g/mol. The first kappa shape index (κ1) is 14.6. The van der Waals surface area contributed by atoms with Gasteiger partial charge in [0.1, 0.15) is 0 Å². The summed E-state index contributed by atoms with van der Waals surface area (Å²) in [6, 6.07) is 5.74. The number of carboxylic acid groups (broad SMARTS) is 1. The lowest BCUT2D eigenvalue weighted by Gasteiger charge is -2.27. The Hall–Kier alpha value is -1.84. The van der Waals surface area contributed by atoms with E-state index in [1.807, 2.05) is 32.0 Å².